The van der Waals surface area contributed by atoms with Gasteiger partial charge in [0.1, 0.15) is 11.5 Å². The summed E-state index contributed by atoms with van der Waals surface area (Å²) in [6, 6.07) is 7.32. The molecule has 1 aliphatic rings. The number of hydrazone groups is 1. The van der Waals surface area contributed by atoms with Crippen LogP contribution in [0.4, 0.5) is 5.69 Å². The number of carbonyl (C=O) groups is 1. The molecule has 1 amide bonds. The summed E-state index contributed by atoms with van der Waals surface area (Å²) in [4.78, 5) is 12.8. The van der Waals surface area contributed by atoms with E-state index in [4.69, 9.17) is 27.1 Å². The van der Waals surface area contributed by atoms with Crippen LogP contribution >= 0.6 is 12.2 Å². The van der Waals surface area contributed by atoms with Gasteiger partial charge in [0, 0.05) is 23.2 Å². The van der Waals surface area contributed by atoms with Crippen LogP contribution in [-0.2, 0) is 6.42 Å². The van der Waals surface area contributed by atoms with E-state index in [1.807, 2.05) is 31.2 Å². The summed E-state index contributed by atoms with van der Waals surface area (Å²) in [5.74, 6) is 1.55. The van der Waals surface area contributed by atoms with E-state index in [0.717, 1.165) is 60.5 Å². The second-order valence-electron chi connectivity index (χ2n) is 6.92. The Labute approximate surface area is 175 Å². The molecule has 0 aliphatic heterocycles. The minimum Gasteiger partial charge on any atom is -0.494 e. The van der Waals surface area contributed by atoms with Crippen LogP contribution < -0.4 is 21.2 Å². The molecule has 1 aromatic heterocycles. The molecule has 0 spiro atoms. The molecule has 8 heteroatoms. The van der Waals surface area contributed by atoms with Crippen molar-refractivity contribution in [2.24, 2.45) is 10.8 Å². The largest absolute Gasteiger partial charge is 0.494 e. The molecule has 1 aliphatic carbocycles. The Morgan fingerprint density at radius 2 is 2.07 bits per heavy atom. The number of hydrogen-bond donors (Lipinski definition) is 3. The van der Waals surface area contributed by atoms with Crippen LogP contribution in [-0.4, -0.2) is 23.3 Å². The molecule has 3 rings (SSSR count). The summed E-state index contributed by atoms with van der Waals surface area (Å²) in [6.07, 6.45) is 4.52. The Balaban J connectivity index is 1.73. The third-order valence-electron chi connectivity index (χ3n) is 4.71. The highest BCUT2D eigenvalue weighted by Gasteiger charge is 2.28. The lowest BCUT2D eigenvalue weighted by atomic mass is 9.93. The van der Waals surface area contributed by atoms with E-state index >= 15 is 0 Å². The SMILES string of the molecule is CCCCOc1ccc(NC(=O)c2oc3c(c2C)/C(=N/NC(N)=S)CCC3)cc1. The fourth-order valence-corrected chi connectivity index (χ4v) is 3.32. The number of furan rings is 1. The molecule has 1 heterocycles. The first-order chi connectivity index (χ1) is 14.0. The zero-order valence-corrected chi connectivity index (χ0v) is 17.5. The van der Waals surface area contributed by atoms with Gasteiger partial charge in [-0.1, -0.05) is 13.3 Å². The van der Waals surface area contributed by atoms with Crippen molar-refractivity contribution >= 4 is 34.6 Å². The molecule has 0 radical (unpaired) electrons. The summed E-state index contributed by atoms with van der Waals surface area (Å²) >= 11 is 4.82. The molecule has 0 bridgehead atoms. The van der Waals surface area contributed by atoms with Crippen LogP contribution in [0.3, 0.4) is 0 Å². The van der Waals surface area contributed by atoms with Gasteiger partial charge in [0.05, 0.1) is 12.3 Å². The van der Waals surface area contributed by atoms with Gasteiger partial charge >= 0.3 is 0 Å². The van der Waals surface area contributed by atoms with Crippen molar-refractivity contribution in [1.82, 2.24) is 5.43 Å². The molecular formula is C21H26N4O3S. The number of unbranched alkanes of at least 4 members (excludes halogenated alkanes) is 1. The van der Waals surface area contributed by atoms with Gasteiger partial charge in [0.25, 0.3) is 5.91 Å². The van der Waals surface area contributed by atoms with Gasteiger partial charge in [-0.15, -0.1) is 0 Å². The Hall–Kier alpha value is -2.87. The van der Waals surface area contributed by atoms with E-state index in [1.54, 1.807) is 0 Å². The average Bonchev–Trinajstić information content (AvgIpc) is 3.05. The lowest BCUT2D eigenvalue weighted by Crippen LogP contribution is -2.26. The maximum absolute atomic E-state index is 12.8. The monoisotopic (exact) mass is 414 g/mol. The van der Waals surface area contributed by atoms with Gasteiger partial charge in [-0.3, -0.25) is 10.2 Å². The molecule has 7 nitrogen and oxygen atoms in total. The highest BCUT2D eigenvalue weighted by molar-refractivity contribution is 7.80. The first-order valence-corrected chi connectivity index (χ1v) is 10.2. The molecule has 29 heavy (non-hydrogen) atoms. The highest BCUT2D eigenvalue weighted by Crippen LogP contribution is 2.30. The zero-order valence-electron chi connectivity index (χ0n) is 16.7. The topological polar surface area (TPSA) is 102 Å². The highest BCUT2D eigenvalue weighted by atomic mass is 32.1. The molecule has 0 saturated heterocycles. The molecule has 0 unspecified atom stereocenters. The third kappa shape index (κ3) is 5.14. The number of anilines is 1. The first kappa shape index (κ1) is 20.9. The van der Waals surface area contributed by atoms with E-state index in [1.165, 1.54) is 0 Å². The second-order valence-corrected chi connectivity index (χ2v) is 7.36. The third-order valence-corrected chi connectivity index (χ3v) is 4.80. The van der Waals surface area contributed by atoms with Crippen LogP contribution in [0.2, 0.25) is 0 Å². The number of nitrogens with one attached hydrogen (secondary N) is 2. The maximum Gasteiger partial charge on any atom is 0.291 e. The lowest BCUT2D eigenvalue weighted by Gasteiger charge is -2.13. The van der Waals surface area contributed by atoms with E-state index in [9.17, 15) is 4.79 Å². The number of ether oxygens (including phenoxy) is 1. The number of benzene rings is 1. The standard InChI is InChI=1S/C21H26N4O3S/c1-3-4-12-27-15-10-8-14(9-11-15)23-20(26)19-13(2)18-16(24-25-21(22)29)6-5-7-17(18)28-19/h8-11H,3-7,12H2,1-2H3,(H,23,26)(H3,22,25,29)/b24-16+. The van der Waals surface area contributed by atoms with Crippen molar-refractivity contribution in [1.29, 1.82) is 0 Å². The van der Waals surface area contributed by atoms with E-state index in [-0.39, 0.29) is 11.0 Å². The van der Waals surface area contributed by atoms with Crippen molar-refractivity contribution < 1.29 is 13.9 Å². The van der Waals surface area contributed by atoms with Crippen LogP contribution in [0.15, 0.2) is 33.8 Å². The van der Waals surface area contributed by atoms with Gasteiger partial charge in [-0.25, -0.2) is 0 Å². The molecule has 0 saturated carbocycles. The molecule has 1 aromatic carbocycles. The molecule has 0 fully saturated rings. The average molecular weight is 415 g/mol. The summed E-state index contributed by atoms with van der Waals surface area (Å²) in [6.45, 7) is 4.67. The molecular weight excluding hydrogens is 388 g/mol. The Kier molecular flexibility index (Phi) is 6.87. The van der Waals surface area contributed by atoms with Gasteiger partial charge in [0.2, 0.25) is 0 Å². The van der Waals surface area contributed by atoms with Gasteiger partial charge in [-0.2, -0.15) is 5.10 Å². The fourth-order valence-electron chi connectivity index (χ4n) is 3.28. The predicted octanol–water partition coefficient (Wildman–Crippen LogP) is 3.89. The van der Waals surface area contributed by atoms with Crippen molar-refractivity contribution in [3.05, 3.63) is 46.9 Å². The van der Waals surface area contributed by atoms with Gasteiger partial charge in [0.15, 0.2) is 10.9 Å². The molecule has 154 valence electrons. The van der Waals surface area contributed by atoms with Gasteiger partial charge in [-0.05, 0) is 62.7 Å². The van der Waals surface area contributed by atoms with Crippen LogP contribution in [0, 0.1) is 6.92 Å². The first-order valence-electron chi connectivity index (χ1n) is 9.78. The summed E-state index contributed by atoms with van der Waals surface area (Å²) < 4.78 is 11.5. The van der Waals surface area contributed by atoms with Crippen LogP contribution in [0.1, 0.15) is 60.0 Å². The van der Waals surface area contributed by atoms with Crippen molar-refractivity contribution in [2.75, 3.05) is 11.9 Å². The summed E-state index contributed by atoms with van der Waals surface area (Å²) in [7, 11) is 0. The summed E-state index contributed by atoms with van der Waals surface area (Å²) in [5, 5.41) is 7.26. The van der Waals surface area contributed by atoms with Crippen LogP contribution in [0.25, 0.3) is 0 Å². The number of nitrogens with two attached hydrogens (primary N) is 1. The number of aryl methyl sites for hydroxylation is 1. The Morgan fingerprint density at radius 1 is 1.31 bits per heavy atom. The Morgan fingerprint density at radius 3 is 2.76 bits per heavy atom. The predicted molar refractivity (Wildman–Crippen MR) is 118 cm³/mol. The molecule has 0 atom stereocenters. The number of thiocarbonyl (C=S) groups is 1. The minimum atomic E-state index is -0.293. The van der Waals surface area contributed by atoms with Crippen LogP contribution in [0.5, 0.6) is 5.75 Å². The number of nitrogens with zero attached hydrogens (tertiary/aromatic N) is 1. The van der Waals surface area contributed by atoms with Gasteiger partial charge < -0.3 is 20.2 Å². The van der Waals surface area contributed by atoms with E-state index < -0.39 is 0 Å². The number of hydrogen-bond acceptors (Lipinski definition) is 5. The molecule has 4 N–H and O–H groups in total. The van der Waals surface area contributed by atoms with E-state index in [2.05, 4.69) is 22.8 Å². The maximum atomic E-state index is 12.8. The number of carbonyl (C=O) groups excluding carboxylic acids is 1. The van der Waals surface area contributed by atoms with Crippen molar-refractivity contribution in [2.45, 2.75) is 46.0 Å². The Bertz CT molecular complexity index is 919. The number of rotatable bonds is 7. The molecule has 2 aromatic rings. The minimum absolute atomic E-state index is 0.103. The quantitative estimate of drug-likeness (QED) is 0.361. The van der Waals surface area contributed by atoms with E-state index in [0.29, 0.717) is 18.1 Å². The lowest BCUT2D eigenvalue weighted by molar-refractivity contribution is 0.0994. The smallest absolute Gasteiger partial charge is 0.291 e. The summed E-state index contributed by atoms with van der Waals surface area (Å²) in [5.41, 5.74) is 11.2. The number of amides is 1. The normalized spacial score (nSPS) is 14.3. The van der Waals surface area contributed by atoms with Crippen molar-refractivity contribution in [3.63, 3.8) is 0 Å². The second kappa shape index (κ2) is 9.56. The fraction of sp³-hybridized carbons (Fsp3) is 0.381. The number of fused-ring (bicyclic) bond motifs is 1. The zero-order chi connectivity index (χ0) is 20.8. The van der Waals surface area contributed by atoms with Crippen molar-refractivity contribution in [3.8, 4) is 5.75 Å².